The Morgan fingerprint density at radius 1 is 1.33 bits per heavy atom. The Morgan fingerprint density at radius 2 is 2.10 bits per heavy atom. The largest absolute Gasteiger partial charge is 0.492 e. The molecule has 2 aromatic heterocycles. The minimum Gasteiger partial charge on any atom is -0.492 e. The number of aryl methyl sites for hydroxylation is 1. The van der Waals surface area contributed by atoms with Gasteiger partial charge in [-0.2, -0.15) is 4.98 Å². The van der Waals surface area contributed by atoms with Gasteiger partial charge in [0.05, 0.1) is 18.5 Å². The normalized spacial score (nSPS) is 22.9. The number of hydrogen-bond acceptors (Lipinski definition) is 7. The number of carbonyl (C=O) groups is 1. The Morgan fingerprint density at radius 3 is 2.77 bits per heavy atom. The number of amides is 1. The Kier molecular flexibility index (Phi) is 5.69. The first kappa shape index (κ1) is 20.7. The molecule has 9 heteroatoms. The molecule has 1 unspecified atom stereocenters. The predicted molar refractivity (Wildman–Crippen MR) is 117 cm³/mol. The van der Waals surface area contributed by atoms with Crippen LogP contribution in [-0.2, 0) is 4.79 Å². The first-order valence-electron chi connectivity index (χ1n) is 10.2. The third-order valence-electron chi connectivity index (χ3n) is 5.73. The molecule has 1 atom stereocenters. The number of aromatic nitrogens is 3. The van der Waals surface area contributed by atoms with Gasteiger partial charge in [0, 0.05) is 13.1 Å². The minimum absolute atomic E-state index is 0.00914. The van der Waals surface area contributed by atoms with Crippen LogP contribution in [0.1, 0.15) is 32.4 Å². The van der Waals surface area contributed by atoms with Crippen molar-refractivity contribution in [3.63, 3.8) is 0 Å². The molecule has 30 heavy (non-hydrogen) atoms. The predicted octanol–water partition coefficient (Wildman–Crippen LogP) is 3.52. The number of carbonyl (C=O) groups excluding carboxylic acids is 1. The summed E-state index contributed by atoms with van der Waals surface area (Å²) in [7, 11) is 1.92. The van der Waals surface area contributed by atoms with E-state index < -0.39 is 0 Å². The Bertz CT molecular complexity index is 930. The van der Waals surface area contributed by atoms with Gasteiger partial charge in [0.2, 0.25) is 11.9 Å². The number of halogens is 1. The van der Waals surface area contributed by atoms with E-state index in [-0.39, 0.29) is 17.9 Å². The van der Waals surface area contributed by atoms with Crippen molar-refractivity contribution in [2.45, 2.75) is 45.7 Å². The molecule has 2 N–H and O–H groups in total. The van der Waals surface area contributed by atoms with E-state index in [9.17, 15) is 4.79 Å². The maximum Gasteiger partial charge on any atom is 0.247 e. The van der Waals surface area contributed by atoms with Crippen LogP contribution in [0.15, 0.2) is 18.3 Å². The summed E-state index contributed by atoms with van der Waals surface area (Å²) >= 11 is 5.79. The summed E-state index contributed by atoms with van der Waals surface area (Å²) in [5.41, 5.74) is 1.46. The maximum absolute atomic E-state index is 12.4. The lowest BCUT2D eigenvalue weighted by molar-refractivity contribution is -0.118. The number of nitrogens with zero attached hydrogens (tertiary/aromatic N) is 4. The summed E-state index contributed by atoms with van der Waals surface area (Å²) in [5, 5.41) is 6.87. The van der Waals surface area contributed by atoms with Crippen molar-refractivity contribution in [3.05, 3.63) is 29.2 Å². The lowest BCUT2D eigenvalue weighted by atomic mass is 9.81. The molecule has 2 aromatic rings. The van der Waals surface area contributed by atoms with Crippen LogP contribution in [-0.4, -0.2) is 46.6 Å². The number of likely N-dealkylation sites (N-methyl/N-ethyl adjacent to an activating group) is 1. The number of anilines is 3. The molecule has 8 nitrogen and oxygen atoms in total. The fourth-order valence-electron chi connectivity index (χ4n) is 4.11. The molecule has 1 aliphatic heterocycles. The van der Waals surface area contributed by atoms with Gasteiger partial charge in [0.15, 0.2) is 5.82 Å². The van der Waals surface area contributed by atoms with Gasteiger partial charge in [-0.15, -0.1) is 0 Å². The highest BCUT2D eigenvalue weighted by atomic mass is 35.5. The summed E-state index contributed by atoms with van der Waals surface area (Å²) in [5.74, 6) is 2.74. The fraction of sp³-hybridized carbons (Fsp3) is 0.524. The molecule has 1 fully saturated rings. The summed E-state index contributed by atoms with van der Waals surface area (Å²) < 4.78 is 5.79. The first-order valence-corrected chi connectivity index (χ1v) is 10.6. The Hall–Kier alpha value is -2.61. The van der Waals surface area contributed by atoms with Crippen LogP contribution in [0, 0.1) is 18.8 Å². The average molecular weight is 431 g/mol. The molecule has 160 valence electrons. The van der Waals surface area contributed by atoms with Gasteiger partial charge < -0.3 is 20.3 Å². The van der Waals surface area contributed by atoms with Crippen LogP contribution in [0.3, 0.4) is 0 Å². The first-order chi connectivity index (χ1) is 14.3. The third-order valence-corrected chi connectivity index (χ3v) is 5.95. The van der Waals surface area contributed by atoms with E-state index in [1.807, 2.05) is 38.8 Å². The molecule has 0 saturated heterocycles. The molecule has 1 saturated carbocycles. The molecule has 0 spiro atoms. The second kappa shape index (κ2) is 8.26. The van der Waals surface area contributed by atoms with Crippen molar-refractivity contribution in [1.29, 1.82) is 0 Å². The van der Waals surface area contributed by atoms with E-state index in [0.717, 1.165) is 30.1 Å². The van der Waals surface area contributed by atoms with E-state index in [0.29, 0.717) is 35.4 Å². The van der Waals surface area contributed by atoms with Crippen LogP contribution >= 0.6 is 11.6 Å². The molecular weight excluding hydrogens is 404 g/mol. The zero-order valence-electron chi connectivity index (χ0n) is 17.6. The van der Waals surface area contributed by atoms with Crippen molar-refractivity contribution >= 4 is 35.0 Å². The second-order valence-corrected chi connectivity index (χ2v) is 8.81. The van der Waals surface area contributed by atoms with Crippen LogP contribution < -0.4 is 20.3 Å². The van der Waals surface area contributed by atoms with Crippen molar-refractivity contribution in [2.24, 2.45) is 11.8 Å². The molecule has 0 radical (unpaired) electrons. The van der Waals surface area contributed by atoms with E-state index in [4.69, 9.17) is 21.3 Å². The number of ether oxygens (including phenoxy) is 1. The highest BCUT2D eigenvalue weighted by molar-refractivity contribution is 6.29. The lowest BCUT2D eigenvalue weighted by Crippen LogP contribution is -2.50. The summed E-state index contributed by atoms with van der Waals surface area (Å²) in [6, 6.07) is 3.62. The number of fused-ring (bicyclic) bond motifs is 1. The van der Waals surface area contributed by atoms with Gasteiger partial charge in [0.1, 0.15) is 22.6 Å². The Labute approximate surface area is 181 Å². The van der Waals surface area contributed by atoms with Gasteiger partial charge in [-0.3, -0.25) is 4.79 Å². The third kappa shape index (κ3) is 4.14. The smallest absolute Gasteiger partial charge is 0.247 e. The van der Waals surface area contributed by atoms with Gasteiger partial charge in [0.25, 0.3) is 0 Å². The highest BCUT2D eigenvalue weighted by Gasteiger charge is 2.36. The van der Waals surface area contributed by atoms with Crippen LogP contribution in [0.5, 0.6) is 5.75 Å². The minimum atomic E-state index is -0.243. The SMILES string of the molecule is Cc1nc(NC2CC(COc3ccc(Cl)nc3)C2)nc2c1NC(=O)C(C(C)C)N2C. The summed E-state index contributed by atoms with van der Waals surface area (Å²) in [6.45, 7) is 6.62. The quantitative estimate of drug-likeness (QED) is 0.677. The van der Waals surface area contributed by atoms with Crippen molar-refractivity contribution in [2.75, 3.05) is 29.2 Å². The molecule has 1 aliphatic carbocycles. The number of nitrogens with one attached hydrogen (secondary N) is 2. The fourth-order valence-corrected chi connectivity index (χ4v) is 4.22. The van der Waals surface area contributed by atoms with Crippen LogP contribution in [0.25, 0.3) is 0 Å². The van der Waals surface area contributed by atoms with Gasteiger partial charge in [-0.1, -0.05) is 25.4 Å². The zero-order valence-corrected chi connectivity index (χ0v) is 18.4. The standard InChI is InChI=1S/C21H27ClN6O2/c1-11(2)18-20(29)26-17-12(3)24-21(27-19(17)28(18)4)25-14-7-13(8-14)10-30-15-5-6-16(22)23-9-15/h5-6,9,11,13-14,18H,7-8,10H2,1-4H3,(H,26,29)(H,24,25,27). The second-order valence-electron chi connectivity index (χ2n) is 8.43. The van der Waals surface area contributed by atoms with E-state index in [1.54, 1.807) is 12.3 Å². The van der Waals surface area contributed by atoms with E-state index in [2.05, 4.69) is 20.6 Å². The lowest BCUT2D eigenvalue weighted by Gasteiger charge is -2.38. The highest BCUT2D eigenvalue weighted by Crippen LogP contribution is 2.35. The van der Waals surface area contributed by atoms with Crippen LogP contribution in [0.2, 0.25) is 5.15 Å². The molecule has 1 amide bonds. The Balaban J connectivity index is 1.36. The van der Waals surface area contributed by atoms with Crippen molar-refractivity contribution in [1.82, 2.24) is 15.0 Å². The van der Waals surface area contributed by atoms with Crippen LogP contribution in [0.4, 0.5) is 17.5 Å². The van der Waals surface area contributed by atoms with E-state index in [1.165, 1.54) is 0 Å². The van der Waals surface area contributed by atoms with Crippen molar-refractivity contribution < 1.29 is 9.53 Å². The monoisotopic (exact) mass is 430 g/mol. The molecular formula is C21H27ClN6O2. The topological polar surface area (TPSA) is 92.3 Å². The molecule has 3 heterocycles. The number of pyridine rings is 1. The van der Waals surface area contributed by atoms with E-state index >= 15 is 0 Å². The molecule has 0 bridgehead atoms. The molecule has 2 aliphatic rings. The van der Waals surface area contributed by atoms with Gasteiger partial charge in [-0.25, -0.2) is 9.97 Å². The van der Waals surface area contributed by atoms with Gasteiger partial charge >= 0.3 is 0 Å². The number of rotatable bonds is 6. The van der Waals surface area contributed by atoms with Gasteiger partial charge in [-0.05, 0) is 43.7 Å². The number of hydrogen-bond donors (Lipinski definition) is 2. The average Bonchev–Trinajstić information content (AvgIpc) is 2.65. The molecule has 4 rings (SSSR count). The molecule has 0 aromatic carbocycles. The maximum atomic E-state index is 12.4. The summed E-state index contributed by atoms with van der Waals surface area (Å²) in [6.07, 6.45) is 3.61. The zero-order chi connectivity index (χ0) is 21.4. The van der Waals surface area contributed by atoms with Crippen molar-refractivity contribution in [3.8, 4) is 5.75 Å². The summed E-state index contributed by atoms with van der Waals surface area (Å²) in [4.78, 5) is 27.7.